The third-order valence-electron chi connectivity index (χ3n) is 6.56. The summed E-state index contributed by atoms with van der Waals surface area (Å²) in [6, 6.07) is 14.3. The quantitative estimate of drug-likeness (QED) is 0.570. The lowest BCUT2D eigenvalue weighted by atomic mass is 10.1. The number of para-hydroxylation sites is 1. The number of carbonyl (C=O) groups is 1. The number of benzene rings is 2. The summed E-state index contributed by atoms with van der Waals surface area (Å²) in [6.07, 6.45) is 4.03. The molecular weight excluding hydrogens is 455 g/mol. The zero-order valence-electron chi connectivity index (χ0n) is 19.2. The van der Waals surface area contributed by atoms with Crippen LogP contribution in [0.5, 0.6) is 0 Å². The Bertz CT molecular complexity index is 1350. The number of sulfone groups is 1. The highest BCUT2D eigenvalue weighted by Crippen LogP contribution is 2.34. The van der Waals surface area contributed by atoms with Crippen LogP contribution in [0.25, 0.3) is 5.69 Å². The van der Waals surface area contributed by atoms with Gasteiger partial charge in [-0.15, -0.1) is 0 Å². The van der Waals surface area contributed by atoms with Gasteiger partial charge in [-0.05, 0) is 37.3 Å². The Morgan fingerprint density at radius 3 is 2.56 bits per heavy atom. The number of amides is 1. The summed E-state index contributed by atoms with van der Waals surface area (Å²) in [4.78, 5) is 17.3. The molecule has 0 aliphatic carbocycles. The molecule has 2 aromatic carbocycles. The number of hydrogen-bond donors (Lipinski definition) is 0. The molecule has 0 saturated carbocycles. The van der Waals surface area contributed by atoms with Crippen molar-refractivity contribution in [3.8, 4) is 5.69 Å². The Morgan fingerprint density at radius 2 is 1.88 bits per heavy atom. The molecule has 178 valence electrons. The van der Waals surface area contributed by atoms with E-state index < -0.39 is 15.5 Å². The van der Waals surface area contributed by atoms with Crippen molar-refractivity contribution >= 4 is 21.4 Å². The lowest BCUT2D eigenvalue weighted by molar-refractivity contribution is 0.0734. The van der Waals surface area contributed by atoms with Gasteiger partial charge in [-0.1, -0.05) is 18.2 Å². The lowest BCUT2D eigenvalue weighted by Crippen LogP contribution is -2.37. The van der Waals surface area contributed by atoms with Gasteiger partial charge in [0.15, 0.2) is 9.84 Å². The Labute approximate surface area is 198 Å². The van der Waals surface area contributed by atoms with Crippen LogP contribution in [-0.4, -0.2) is 60.6 Å². The number of carbonyl (C=O) groups excluding carboxylic acids is 1. The van der Waals surface area contributed by atoms with E-state index in [-0.39, 0.29) is 17.3 Å². The van der Waals surface area contributed by atoms with Gasteiger partial charge < -0.3 is 9.80 Å². The molecule has 1 aromatic heterocycles. The predicted molar refractivity (Wildman–Crippen MR) is 128 cm³/mol. The molecule has 1 amide bonds. The van der Waals surface area contributed by atoms with Crippen molar-refractivity contribution in [1.29, 1.82) is 0 Å². The first-order valence-electron chi connectivity index (χ1n) is 11.3. The van der Waals surface area contributed by atoms with Crippen molar-refractivity contribution in [3.63, 3.8) is 0 Å². The van der Waals surface area contributed by atoms with Crippen LogP contribution in [0.15, 0.2) is 59.6 Å². The molecule has 1 saturated heterocycles. The normalized spacial score (nSPS) is 20.4. The topological polar surface area (TPSA) is 75.5 Å². The van der Waals surface area contributed by atoms with Gasteiger partial charge in [-0.3, -0.25) is 4.79 Å². The number of alkyl halides is 1. The standard InChI is InChI=1S/C25H27FN4O3S/c1-25(26)11-13-29(17-25)23-9-8-20(34(2,32)33)14-21(23)24(31)28-12-10-22-18(15-28)16-30(27-22)19-6-4-3-5-7-19/h3-9,14,16H,10-13,15,17H2,1-2H3. The van der Waals surface area contributed by atoms with Gasteiger partial charge >= 0.3 is 0 Å². The Balaban J connectivity index is 1.47. The summed E-state index contributed by atoms with van der Waals surface area (Å²) in [5, 5.41) is 4.68. The minimum atomic E-state index is -3.51. The fraction of sp³-hybridized carbons (Fsp3) is 0.360. The van der Waals surface area contributed by atoms with E-state index in [1.54, 1.807) is 17.9 Å². The molecule has 34 heavy (non-hydrogen) atoms. The minimum absolute atomic E-state index is 0.0800. The smallest absolute Gasteiger partial charge is 0.256 e. The second-order valence-electron chi connectivity index (χ2n) is 9.39. The summed E-state index contributed by atoms with van der Waals surface area (Å²) in [6.45, 7) is 3.04. The van der Waals surface area contributed by atoms with E-state index in [1.807, 2.05) is 46.1 Å². The van der Waals surface area contributed by atoms with Gasteiger partial charge in [-0.2, -0.15) is 5.10 Å². The number of anilines is 1. The van der Waals surface area contributed by atoms with Crippen LogP contribution in [0.4, 0.5) is 10.1 Å². The van der Waals surface area contributed by atoms with Gasteiger partial charge in [0.25, 0.3) is 5.91 Å². The van der Waals surface area contributed by atoms with Crippen LogP contribution >= 0.6 is 0 Å². The van der Waals surface area contributed by atoms with Crippen LogP contribution in [0.2, 0.25) is 0 Å². The third-order valence-corrected chi connectivity index (χ3v) is 7.67. The first kappa shape index (κ1) is 22.6. The van der Waals surface area contributed by atoms with Crippen molar-refractivity contribution in [2.24, 2.45) is 0 Å². The molecule has 1 atom stereocenters. The Kier molecular flexibility index (Phi) is 5.47. The van der Waals surface area contributed by atoms with Gasteiger partial charge in [0, 0.05) is 56.2 Å². The maximum absolute atomic E-state index is 14.6. The van der Waals surface area contributed by atoms with Crippen molar-refractivity contribution in [3.05, 3.63) is 71.5 Å². The molecule has 9 heteroatoms. The zero-order chi connectivity index (χ0) is 24.1. The van der Waals surface area contributed by atoms with Gasteiger partial charge in [0.05, 0.1) is 28.4 Å². The molecule has 3 aromatic rings. The fourth-order valence-electron chi connectivity index (χ4n) is 4.69. The van der Waals surface area contributed by atoms with Crippen LogP contribution < -0.4 is 4.90 Å². The molecule has 0 N–H and O–H groups in total. The number of halogens is 1. The average Bonchev–Trinajstić information content (AvgIpc) is 3.40. The molecule has 3 heterocycles. The van der Waals surface area contributed by atoms with Crippen molar-refractivity contribution < 1.29 is 17.6 Å². The van der Waals surface area contributed by atoms with Crippen molar-refractivity contribution in [2.45, 2.75) is 36.9 Å². The highest BCUT2D eigenvalue weighted by atomic mass is 32.2. The van der Waals surface area contributed by atoms with Crippen LogP contribution in [0.1, 0.15) is 35.0 Å². The average molecular weight is 483 g/mol. The number of fused-ring (bicyclic) bond motifs is 1. The highest BCUT2D eigenvalue weighted by Gasteiger charge is 2.36. The summed E-state index contributed by atoms with van der Waals surface area (Å²) >= 11 is 0. The number of nitrogens with zero attached hydrogens (tertiary/aromatic N) is 4. The largest absolute Gasteiger partial charge is 0.368 e. The van der Waals surface area contributed by atoms with Crippen LogP contribution in [0.3, 0.4) is 0 Å². The van der Waals surface area contributed by atoms with Gasteiger partial charge in [0.1, 0.15) is 5.67 Å². The van der Waals surface area contributed by atoms with Crippen LogP contribution in [-0.2, 0) is 22.8 Å². The maximum atomic E-state index is 14.6. The molecule has 0 bridgehead atoms. The Morgan fingerprint density at radius 1 is 1.12 bits per heavy atom. The number of rotatable bonds is 4. The number of hydrogen-bond acceptors (Lipinski definition) is 5. The summed E-state index contributed by atoms with van der Waals surface area (Å²) in [7, 11) is -3.51. The van der Waals surface area contributed by atoms with E-state index >= 15 is 0 Å². The predicted octanol–water partition coefficient (Wildman–Crippen LogP) is 3.41. The van der Waals surface area contributed by atoms with Crippen molar-refractivity contribution in [1.82, 2.24) is 14.7 Å². The van der Waals surface area contributed by atoms with E-state index in [1.165, 1.54) is 12.1 Å². The molecule has 2 aliphatic rings. The maximum Gasteiger partial charge on any atom is 0.256 e. The summed E-state index contributed by atoms with van der Waals surface area (Å²) in [5.41, 5.74) is 2.37. The molecule has 1 fully saturated rings. The van der Waals surface area contributed by atoms with Gasteiger partial charge in [-0.25, -0.2) is 17.5 Å². The molecule has 7 nitrogen and oxygen atoms in total. The molecular formula is C25H27FN4O3S. The first-order chi connectivity index (χ1) is 16.1. The second kappa shape index (κ2) is 8.23. The fourth-order valence-corrected chi connectivity index (χ4v) is 5.34. The van der Waals surface area contributed by atoms with Crippen LogP contribution in [0, 0.1) is 0 Å². The van der Waals surface area contributed by atoms with E-state index in [0.29, 0.717) is 43.7 Å². The Hall–Kier alpha value is -3.20. The number of aromatic nitrogens is 2. The highest BCUT2D eigenvalue weighted by molar-refractivity contribution is 7.90. The molecule has 0 radical (unpaired) electrons. The van der Waals surface area contributed by atoms with Gasteiger partial charge in [0.2, 0.25) is 0 Å². The summed E-state index contributed by atoms with van der Waals surface area (Å²) in [5.74, 6) is -0.258. The SMILES string of the molecule is CC1(F)CCN(c2ccc(S(C)(=O)=O)cc2C(=O)N2CCc3nn(-c4ccccc4)cc3C2)C1. The lowest BCUT2D eigenvalue weighted by Gasteiger charge is -2.29. The molecule has 2 aliphatic heterocycles. The third kappa shape index (κ3) is 4.32. The molecule has 1 unspecified atom stereocenters. The van der Waals surface area contributed by atoms with Crippen molar-refractivity contribution in [2.75, 3.05) is 30.8 Å². The first-order valence-corrected chi connectivity index (χ1v) is 13.2. The molecule has 5 rings (SSSR count). The monoisotopic (exact) mass is 482 g/mol. The van der Waals surface area contributed by atoms with E-state index in [0.717, 1.165) is 23.2 Å². The molecule has 0 spiro atoms. The minimum Gasteiger partial charge on any atom is -0.368 e. The zero-order valence-corrected chi connectivity index (χ0v) is 20.1. The van der Waals surface area contributed by atoms with E-state index in [4.69, 9.17) is 0 Å². The van der Waals surface area contributed by atoms with E-state index in [9.17, 15) is 17.6 Å². The van der Waals surface area contributed by atoms with E-state index in [2.05, 4.69) is 5.10 Å². The summed E-state index contributed by atoms with van der Waals surface area (Å²) < 4.78 is 40.8. The second-order valence-corrected chi connectivity index (χ2v) is 11.4.